The minimum absolute atomic E-state index is 0.0302. The third-order valence-corrected chi connectivity index (χ3v) is 8.25. The topological polar surface area (TPSA) is 114 Å². The first-order valence-electron chi connectivity index (χ1n) is 12.7. The zero-order valence-corrected chi connectivity index (χ0v) is 24.4. The average Bonchev–Trinajstić information content (AvgIpc) is 2.99. The normalized spacial score (nSPS) is 11.8. The highest BCUT2D eigenvalue weighted by Crippen LogP contribution is 2.32. The van der Waals surface area contributed by atoms with Gasteiger partial charge in [-0.05, 0) is 60.5 Å². The van der Waals surface area contributed by atoms with E-state index >= 15 is 0 Å². The van der Waals surface area contributed by atoms with Gasteiger partial charge in [0.25, 0.3) is 10.0 Å². The summed E-state index contributed by atoms with van der Waals surface area (Å²) in [5, 5.41) is 2.57. The number of ether oxygens (including phenoxy) is 3. The molecule has 0 aliphatic heterocycles. The van der Waals surface area contributed by atoms with Crippen molar-refractivity contribution in [1.29, 1.82) is 0 Å². The Hall–Kier alpha value is -4.32. The van der Waals surface area contributed by atoms with Gasteiger partial charge in [-0.1, -0.05) is 19.1 Å². The molecule has 0 spiro atoms. The van der Waals surface area contributed by atoms with Crippen LogP contribution in [0.3, 0.4) is 0 Å². The summed E-state index contributed by atoms with van der Waals surface area (Å²) < 4.78 is 58.3. The number of benzene rings is 3. The van der Waals surface area contributed by atoms with Gasteiger partial charge >= 0.3 is 0 Å². The first-order chi connectivity index (χ1) is 19.6. The Bertz CT molecular complexity index is 1450. The lowest BCUT2D eigenvalue weighted by molar-refractivity contribution is -0.140. The van der Waals surface area contributed by atoms with Gasteiger partial charge in [-0.15, -0.1) is 0 Å². The highest BCUT2D eigenvalue weighted by Gasteiger charge is 2.34. The molecule has 0 saturated heterocycles. The standard InChI is InChI=1S/C29H34FN3O7S/c1-6-25(29(35)31-2)32(18-20-7-13-23(38-3)14-8-20)28(34)19-33(22-11-9-21(30)10-12-22)41(36,37)24-15-16-26(39-4)27(17-24)40-5/h7-17,25H,6,18-19H2,1-5H3,(H,31,35)/t25-/m0/s1. The number of rotatable bonds is 13. The van der Waals surface area contributed by atoms with Crippen molar-refractivity contribution in [3.05, 3.63) is 78.1 Å². The van der Waals surface area contributed by atoms with Crippen molar-refractivity contribution in [2.45, 2.75) is 30.8 Å². The van der Waals surface area contributed by atoms with E-state index in [4.69, 9.17) is 14.2 Å². The summed E-state index contributed by atoms with van der Waals surface area (Å²) in [6.07, 6.45) is 0.278. The Morgan fingerprint density at radius 2 is 1.54 bits per heavy atom. The average molecular weight is 588 g/mol. The summed E-state index contributed by atoms with van der Waals surface area (Å²) in [5.41, 5.74) is 0.768. The zero-order valence-electron chi connectivity index (χ0n) is 23.6. The van der Waals surface area contributed by atoms with Gasteiger partial charge in [0.15, 0.2) is 11.5 Å². The van der Waals surface area contributed by atoms with Crippen LogP contribution in [0, 0.1) is 5.82 Å². The summed E-state index contributed by atoms with van der Waals surface area (Å²) in [4.78, 5) is 27.9. The number of anilines is 1. The maximum atomic E-state index is 14.0. The number of hydrogen-bond donors (Lipinski definition) is 1. The van der Waals surface area contributed by atoms with Crippen molar-refractivity contribution in [3.8, 4) is 17.2 Å². The van der Waals surface area contributed by atoms with E-state index < -0.39 is 40.2 Å². The van der Waals surface area contributed by atoms with Crippen molar-refractivity contribution >= 4 is 27.5 Å². The molecule has 1 atom stereocenters. The lowest BCUT2D eigenvalue weighted by Crippen LogP contribution is -2.51. The van der Waals surface area contributed by atoms with Crippen LogP contribution in [0.4, 0.5) is 10.1 Å². The number of amides is 2. The van der Waals surface area contributed by atoms with E-state index in [1.54, 1.807) is 31.2 Å². The minimum Gasteiger partial charge on any atom is -0.497 e. The van der Waals surface area contributed by atoms with E-state index in [2.05, 4.69) is 5.32 Å². The minimum atomic E-state index is -4.38. The molecule has 0 heterocycles. The SMILES string of the molecule is CC[C@@H](C(=O)NC)N(Cc1ccc(OC)cc1)C(=O)CN(c1ccc(F)cc1)S(=O)(=O)c1ccc(OC)c(OC)c1. The van der Waals surface area contributed by atoms with Gasteiger partial charge in [-0.3, -0.25) is 13.9 Å². The molecule has 2 amide bonds. The maximum absolute atomic E-state index is 14.0. The molecule has 12 heteroatoms. The van der Waals surface area contributed by atoms with Crippen molar-refractivity contribution in [2.24, 2.45) is 0 Å². The molecule has 3 rings (SSSR count). The van der Waals surface area contributed by atoms with Crippen molar-refractivity contribution in [3.63, 3.8) is 0 Å². The van der Waals surface area contributed by atoms with Gasteiger partial charge in [0, 0.05) is 19.7 Å². The molecule has 10 nitrogen and oxygen atoms in total. The second kappa shape index (κ2) is 13.8. The number of hydrogen-bond acceptors (Lipinski definition) is 7. The largest absolute Gasteiger partial charge is 0.497 e. The molecule has 3 aromatic carbocycles. The third kappa shape index (κ3) is 7.26. The molecule has 3 aromatic rings. The fourth-order valence-corrected chi connectivity index (χ4v) is 5.68. The van der Waals surface area contributed by atoms with Gasteiger partial charge in [-0.2, -0.15) is 0 Å². The molecule has 41 heavy (non-hydrogen) atoms. The van der Waals surface area contributed by atoms with Crippen molar-refractivity contribution in [2.75, 3.05) is 39.2 Å². The van der Waals surface area contributed by atoms with Crippen LogP contribution < -0.4 is 23.8 Å². The van der Waals surface area contributed by atoms with Gasteiger partial charge in [0.05, 0.1) is 31.9 Å². The van der Waals surface area contributed by atoms with Crippen molar-refractivity contribution < 1.29 is 36.6 Å². The van der Waals surface area contributed by atoms with Crippen LogP contribution in [0.25, 0.3) is 0 Å². The molecule has 0 saturated carbocycles. The first-order valence-corrected chi connectivity index (χ1v) is 14.2. The van der Waals surface area contributed by atoms with Crippen LogP contribution in [-0.4, -0.2) is 66.1 Å². The number of nitrogens with one attached hydrogen (secondary N) is 1. The van der Waals surface area contributed by atoms with E-state index in [9.17, 15) is 22.4 Å². The monoisotopic (exact) mass is 587 g/mol. The van der Waals surface area contributed by atoms with Crippen LogP contribution in [0.1, 0.15) is 18.9 Å². The smallest absolute Gasteiger partial charge is 0.264 e. The predicted octanol–water partition coefficient (Wildman–Crippen LogP) is 3.60. The lowest BCUT2D eigenvalue weighted by atomic mass is 10.1. The molecule has 0 unspecified atom stereocenters. The molecule has 1 N–H and O–H groups in total. The quantitative estimate of drug-likeness (QED) is 0.325. The Kier molecular flexibility index (Phi) is 10.5. The summed E-state index contributed by atoms with van der Waals surface area (Å²) in [6, 6.07) is 14.9. The van der Waals surface area contributed by atoms with Crippen LogP contribution in [0.5, 0.6) is 17.2 Å². The lowest BCUT2D eigenvalue weighted by Gasteiger charge is -2.33. The second-order valence-corrected chi connectivity index (χ2v) is 10.8. The molecule has 220 valence electrons. The Balaban J connectivity index is 2.08. The van der Waals surface area contributed by atoms with Crippen molar-refractivity contribution in [1.82, 2.24) is 10.2 Å². The zero-order chi connectivity index (χ0) is 30.2. The highest BCUT2D eigenvalue weighted by molar-refractivity contribution is 7.92. The van der Waals surface area contributed by atoms with Crippen LogP contribution in [0.15, 0.2) is 71.6 Å². The third-order valence-electron chi connectivity index (χ3n) is 6.48. The summed E-state index contributed by atoms with van der Waals surface area (Å²) in [7, 11) is 1.41. The second-order valence-electron chi connectivity index (χ2n) is 8.91. The van der Waals surface area contributed by atoms with E-state index in [-0.39, 0.29) is 29.3 Å². The Labute approximate surface area is 239 Å². The molecule has 0 aliphatic rings. The number of likely N-dealkylation sites (N-methyl/N-ethyl adjacent to an activating group) is 1. The molecule has 0 aromatic heterocycles. The maximum Gasteiger partial charge on any atom is 0.264 e. The summed E-state index contributed by atoms with van der Waals surface area (Å²) in [5.74, 6) is -0.498. The van der Waals surface area contributed by atoms with Gasteiger partial charge in [0.1, 0.15) is 24.2 Å². The molecule has 0 bridgehead atoms. The Morgan fingerprint density at radius 1 is 0.902 bits per heavy atom. The number of nitrogens with zero attached hydrogens (tertiary/aromatic N) is 2. The van der Waals surface area contributed by atoms with E-state index in [1.165, 1.54) is 63.6 Å². The van der Waals surface area contributed by atoms with E-state index in [0.717, 1.165) is 16.4 Å². The van der Waals surface area contributed by atoms with Gasteiger partial charge in [-0.25, -0.2) is 12.8 Å². The fourth-order valence-electron chi connectivity index (χ4n) is 4.25. The number of halogens is 1. The van der Waals surface area contributed by atoms with E-state index in [1.807, 2.05) is 0 Å². The number of methoxy groups -OCH3 is 3. The highest BCUT2D eigenvalue weighted by atomic mass is 32.2. The summed E-state index contributed by atoms with van der Waals surface area (Å²) >= 11 is 0. The Morgan fingerprint density at radius 3 is 2.07 bits per heavy atom. The predicted molar refractivity (Wildman–Crippen MR) is 152 cm³/mol. The number of carbonyl (C=O) groups excluding carboxylic acids is 2. The molecular formula is C29H34FN3O7S. The van der Waals surface area contributed by atoms with E-state index in [0.29, 0.717) is 17.1 Å². The van der Waals surface area contributed by atoms with Crippen LogP contribution in [-0.2, 0) is 26.2 Å². The first kappa shape index (κ1) is 31.2. The molecule has 0 fully saturated rings. The number of sulfonamides is 1. The van der Waals surface area contributed by atoms with Gasteiger partial charge < -0.3 is 24.4 Å². The molecule has 0 aliphatic carbocycles. The van der Waals surface area contributed by atoms with Crippen LogP contribution >= 0.6 is 0 Å². The molecule has 0 radical (unpaired) electrons. The van der Waals surface area contributed by atoms with Gasteiger partial charge in [0.2, 0.25) is 11.8 Å². The van der Waals surface area contributed by atoms with Crippen LogP contribution in [0.2, 0.25) is 0 Å². The fraction of sp³-hybridized carbons (Fsp3) is 0.310. The summed E-state index contributed by atoms with van der Waals surface area (Å²) in [6.45, 7) is 1.13. The molecular weight excluding hydrogens is 553 g/mol. The number of carbonyl (C=O) groups is 2.